The number of alkyl carbamates (subject to hydrolysis) is 1. The van der Waals surface area contributed by atoms with Crippen LogP contribution in [-0.4, -0.2) is 70.8 Å². The summed E-state index contributed by atoms with van der Waals surface area (Å²) in [5.41, 5.74) is -0.908. The molecule has 1 N–H and O–H groups in total. The number of benzene rings is 1. The maximum Gasteiger partial charge on any atom is 0.407 e. The van der Waals surface area contributed by atoms with Crippen molar-refractivity contribution in [1.29, 1.82) is 0 Å². The molecule has 0 aromatic heterocycles. The topological polar surface area (TPSA) is 126 Å². The van der Waals surface area contributed by atoms with E-state index in [-0.39, 0.29) is 6.61 Å². The van der Waals surface area contributed by atoms with Gasteiger partial charge < -0.3 is 29.0 Å². The van der Waals surface area contributed by atoms with Crippen molar-refractivity contribution < 1.29 is 42.9 Å². The third-order valence-corrected chi connectivity index (χ3v) is 5.86. The van der Waals surface area contributed by atoms with Crippen LogP contribution >= 0.6 is 46.6 Å². The van der Waals surface area contributed by atoms with Crippen molar-refractivity contribution in [2.24, 2.45) is 0 Å². The number of nitrogens with one attached hydrogen (secondary N) is 1. The van der Waals surface area contributed by atoms with E-state index < -0.39 is 64.2 Å². The molecule has 0 bridgehead atoms. The molecule has 194 valence electrons. The Balaban J connectivity index is 2.42. The highest BCUT2D eigenvalue weighted by atomic mass is 35.6. The van der Waals surface area contributed by atoms with Crippen LogP contribution in [0.15, 0.2) is 35.2 Å². The maximum absolute atomic E-state index is 12.5. The monoisotopic (exact) mass is 571 g/mol. The number of rotatable bonds is 8. The zero-order valence-corrected chi connectivity index (χ0v) is 22.0. The Bertz CT molecular complexity index is 900. The molecule has 0 spiro atoms. The number of carbonyl (C=O) groups excluding carboxylic acids is 4. The molecule has 0 radical (unpaired) electrons. The minimum Gasteiger partial charge on any atom is -0.463 e. The Morgan fingerprint density at radius 2 is 1.54 bits per heavy atom. The highest BCUT2D eigenvalue weighted by Gasteiger charge is 2.51. The number of ether oxygens (including phenoxy) is 5. The fourth-order valence-electron chi connectivity index (χ4n) is 3.11. The smallest absolute Gasteiger partial charge is 0.407 e. The third kappa shape index (κ3) is 10.3. The van der Waals surface area contributed by atoms with Gasteiger partial charge in [0.2, 0.25) is 3.79 Å². The average Bonchev–Trinajstić information content (AvgIpc) is 2.74. The average molecular weight is 573 g/mol. The molecular weight excluding hydrogens is 549 g/mol. The normalized spacial score (nSPS) is 24.1. The number of hydrogen-bond donors (Lipinski definition) is 1. The minimum absolute atomic E-state index is 0.304. The van der Waals surface area contributed by atoms with Crippen molar-refractivity contribution in [3.8, 4) is 0 Å². The number of esters is 3. The summed E-state index contributed by atoms with van der Waals surface area (Å²) in [6.45, 7) is 2.64. The second-order valence-electron chi connectivity index (χ2n) is 7.29. The summed E-state index contributed by atoms with van der Waals surface area (Å²) in [7, 11) is 0. The van der Waals surface area contributed by atoms with E-state index in [0.717, 1.165) is 18.7 Å². The van der Waals surface area contributed by atoms with Gasteiger partial charge in [0.25, 0.3) is 0 Å². The van der Waals surface area contributed by atoms with Gasteiger partial charge in [0, 0.05) is 25.7 Å². The van der Waals surface area contributed by atoms with E-state index in [9.17, 15) is 19.2 Å². The second-order valence-corrected chi connectivity index (χ2v) is 11.0. The van der Waals surface area contributed by atoms with Crippen LogP contribution in [0.25, 0.3) is 0 Å². The van der Waals surface area contributed by atoms with Crippen LogP contribution in [0.3, 0.4) is 0 Å². The van der Waals surface area contributed by atoms with Crippen LogP contribution in [-0.2, 0) is 38.1 Å². The molecule has 14 heteroatoms. The molecule has 1 fully saturated rings. The lowest BCUT2D eigenvalue weighted by Crippen LogP contribution is -2.65. The molecule has 5 atom stereocenters. The molecule has 1 aromatic rings. The minimum atomic E-state index is -1.86. The number of carbonyl (C=O) groups is 4. The van der Waals surface area contributed by atoms with E-state index in [2.05, 4.69) is 5.32 Å². The van der Waals surface area contributed by atoms with Crippen LogP contribution < -0.4 is 5.32 Å². The van der Waals surface area contributed by atoms with Gasteiger partial charge in [0.1, 0.15) is 30.8 Å². The Morgan fingerprint density at radius 3 is 2.09 bits per heavy atom. The summed E-state index contributed by atoms with van der Waals surface area (Å²) in [6.07, 6.45) is -4.50. The van der Waals surface area contributed by atoms with Crippen molar-refractivity contribution in [1.82, 2.24) is 5.32 Å². The van der Waals surface area contributed by atoms with Gasteiger partial charge in [-0.15, -0.1) is 0 Å². The van der Waals surface area contributed by atoms with E-state index in [4.69, 9.17) is 58.5 Å². The SMILES string of the molecule is CC(=O)OCC1O[C@@H](Sc2ccccc2)C(NC(=O)OCC(Cl)(Cl)Cl)C(OC(C)=O)[C@@H]1OC(C)=O. The van der Waals surface area contributed by atoms with Crippen molar-refractivity contribution in [3.05, 3.63) is 30.3 Å². The lowest BCUT2D eigenvalue weighted by atomic mass is 9.97. The molecule has 0 saturated carbocycles. The van der Waals surface area contributed by atoms with Crippen LogP contribution in [0.1, 0.15) is 20.8 Å². The lowest BCUT2D eigenvalue weighted by Gasteiger charge is -2.44. The van der Waals surface area contributed by atoms with Gasteiger partial charge >= 0.3 is 24.0 Å². The van der Waals surface area contributed by atoms with Crippen molar-refractivity contribution in [3.63, 3.8) is 0 Å². The van der Waals surface area contributed by atoms with Crippen molar-refractivity contribution in [2.75, 3.05) is 13.2 Å². The summed E-state index contributed by atoms with van der Waals surface area (Å²) < 4.78 is 25.1. The molecule has 0 aliphatic carbocycles. The molecule has 10 nitrogen and oxygen atoms in total. The molecule has 1 heterocycles. The van der Waals surface area contributed by atoms with E-state index in [1.54, 1.807) is 24.3 Å². The quantitative estimate of drug-likeness (QED) is 0.281. The Kier molecular flexibility index (Phi) is 11.2. The molecule has 2 rings (SSSR count). The Hall–Kier alpha value is -1.92. The van der Waals surface area contributed by atoms with E-state index in [1.807, 2.05) is 6.07 Å². The maximum atomic E-state index is 12.5. The number of amides is 1. The van der Waals surface area contributed by atoms with Gasteiger partial charge in [-0.2, -0.15) is 0 Å². The largest absolute Gasteiger partial charge is 0.463 e. The summed E-state index contributed by atoms with van der Waals surface area (Å²) in [6, 6.07) is 7.91. The standard InChI is InChI=1S/C21H24Cl3NO9S/c1-11(26)30-9-15-17(32-12(2)27)18(33-13(3)28)16(25-20(29)31-10-21(22,23)24)19(34-15)35-14-7-5-4-6-8-14/h4-8,15-19H,9-10H2,1-3H3,(H,25,29)/t15?,16?,17-,18?,19+/m1/s1. The highest BCUT2D eigenvalue weighted by Crippen LogP contribution is 2.36. The van der Waals surface area contributed by atoms with E-state index in [0.29, 0.717) is 0 Å². The van der Waals surface area contributed by atoms with E-state index in [1.165, 1.54) is 18.7 Å². The molecule has 1 saturated heterocycles. The van der Waals surface area contributed by atoms with Crippen LogP contribution in [0.4, 0.5) is 4.79 Å². The van der Waals surface area contributed by atoms with Gasteiger partial charge in [0.05, 0.1) is 0 Å². The first-order valence-electron chi connectivity index (χ1n) is 10.2. The summed E-state index contributed by atoms with van der Waals surface area (Å²) >= 11 is 18.1. The molecule has 3 unspecified atom stereocenters. The molecule has 1 amide bonds. The Morgan fingerprint density at radius 1 is 0.943 bits per heavy atom. The first kappa shape index (κ1) is 29.3. The first-order chi connectivity index (χ1) is 16.4. The van der Waals surface area contributed by atoms with Crippen LogP contribution in [0, 0.1) is 0 Å². The van der Waals surface area contributed by atoms with Crippen molar-refractivity contribution >= 4 is 70.6 Å². The molecule has 1 aliphatic heterocycles. The number of thioether (sulfide) groups is 1. The van der Waals surface area contributed by atoms with Crippen LogP contribution in [0.2, 0.25) is 0 Å². The molecule has 35 heavy (non-hydrogen) atoms. The van der Waals surface area contributed by atoms with Crippen molar-refractivity contribution in [2.45, 2.75) is 59.2 Å². The fraction of sp³-hybridized carbons (Fsp3) is 0.524. The fourth-order valence-corrected chi connectivity index (χ4v) is 4.43. The number of alkyl halides is 3. The third-order valence-electron chi connectivity index (χ3n) is 4.35. The molecule has 1 aromatic carbocycles. The molecular formula is C21H24Cl3NO9S. The Labute approximate surface area is 221 Å². The van der Waals surface area contributed by atoms with Gasteiger partial charge in [-0.05, 0) is 12.1 Å². The van der Waals surface area contributed by atoms with Gasteiger partial charge in [-0.3, -0.25) is 14.4 Å². The summed E-state index contributed by atoms with van der Waals surface area (Å²) in [4.78, 5) is 48.5. The lowest BCUT2D eigenvalue weighted by molar-refractivity contribution is -0.211. The predicted molar refractivity (Wildman–Crippen MR) is 127 cm³/mol. The summed E-state index contributed by atoms with van der Waals surface area (Å²) in [5.74, 6) is -2.03. The van der Waals surface area contributed by atoms with E-state index >= 15 is 0 Å². The highest BCUT2D eigenvalue weighted by molar-refractivity contribution is 7.99. The van der Waals surface area contributed by atoms with Crippen LogP contribution in [0.5, 0.6) is 0 Å². The number of hydrogen-bond acceptors (Lipinski definition) is 10. The van der Waals surface area contributed by atoms with Gasteiger partial charge in [-0.1, -0.05) is 64.8 Å². The van der Waals surface area contributed by atoms with Gasteiger partial charge in [-0.25, -0.2) is 4.79 Å². The summed E-state index contributed by atoms with van der Waals surface area (Å²) in [5, 5.41) is 2.55. The zero-order chi connectivity index (χ0) is 26.2. The predicted octanol–water partition coefficient (Wildman–Crippen LogP) is 3.40. The first-order valence-corrected chi connectivity index (χ1v) is 12.2. The molecule has 1 aliphatic rings. The van der Waals surface area contributed by atoms with Gasteiger partial charge in [0.15, 0.2) is 12.2 Å². The zero-order valence-electron chi connectivity index (χ0n) is 18.9. The second kappa shape index (κ2) is 13.4. The number of halogens is 3.